The number of nitrogens with zero attached hydrogens (tertiary/aromatic N) is 2. The maximum Gasteiger partial charge on any atom is 0.213 e. The number of hydrogen-bond donors (Lipinski definition) is 2. The zero-order chi connectivity index (χ0) is 9.10. The molecule has 3 N–H and O–H groups in total. The van der Waals surface area contributed by atoms with Gasteiger partial charge in [0.05, 0.1) is 12.2 Å². The molecule has 0 radical (unpaired) electrons. The highest BCUT2D eigenvalue weighted by atomic mass is 15.5. The Morgan fingerprint density at radius 1 is 1.31 bits per heavy atom. The van der Waals surface area contributed by atoms with E-state index in [1.807, 2.05) is 30.3 Å². The van der Waals surface area contributed by atoms with Gasteiger partial charge in [-0.1, -0.05) is 18.2 Å². The van der Waals surface area contributed by atoms with E-state index in [4.69, 9.17) is 5.84 Å². The fourth-order valence-electron chi connectivity index (χ4n) is 1.22. The number of nitrogens with two attached hydrogens (primary N) is 1. The second-order valence-electron chi connectivity index (χ2n) is 2.89. The Balaban J connectivity index is 2.20. The van der Waals surface area contributed by atoms with Crippen molar-refractivity contribution in [2.45, 2.75) is 0 Å². The summed E-state index contributed by atoms with van der Waals surface area (Å²) in [7, 11) is 0. The summed E-state index contributed by atoms with van der Waals surface area (Å²) >= 11 is 0. The average Bonchev–Trinajstić information content (AvgIpc) is 2.54. The van der Waals surface area contributed by atoms with E-state index in [0.29, 0.717) is 0 Å². The lowest BCUT2D eigenvalue weighted by molar-refractivity contribution is 0.489. The number of rotatable bonds is 1. The summed E-state index contributed by atoms with van der Waals surface area (Å²) in [4.78, 5) is 4.35. The Morgan fingerprint density at radius 2 is 2.08 bits per heavy atom. The molecule has 0 bridgehead atoms. The first-order valence-corrected chi connectivity index (χ1v) is 4.26. The molecule has 68 valence electrons. The Bertz CT molecular complexity index is 307. The quantitative estimate of drug-likeness (QED) is 0.611. The minimum absolute atomic E-state index is 0.742. The number of nitrogens with one attached hydrogen (secondary N) is 1. The van der Waals surface area contributed by atoms with E-state index in [1.54, 1.807) is 5.01 Å². The molecule has 1 aliphatic heterocycles. The molecule has 0 aromatic heterocycles. The van der Waals surface area contributed by atoms with Crippen LogP contribution in [0.2, 0.25) is 0 Å². The van der Waals surface area contributed by atoms with Gasteiger partial charge in [0.1, 0.15) is 0 Å². The summed E-state index contributed by atoms with van der Waals surface area (Å²) in [5.41, 5.74) is 0.919. The summed E-state index contributed by atoms with van der Waals surface area (Å²) in [5, 5.41) is 4.72. The van der Waals surface area contributed by atoms with Gasteiger partial charge in [0.15, 0.2) is 0 Å². The van der Waals surface area contributed by atoms with Crippen molar-refractivity contribution >= 4 is 11.6 Å². The van der Waals surface area contributed by atoms with Gasteiger partial charge in [0.2, 0.25) is 5.96 Å². The van der Waals surface area contributed by atoms with Gasteiger partial charge in [-0.2, -0.15) is 0 Å². The van der Waals surface area contributed by atoms with Crippen molar-refractivity contribution in [3.8, 4) is 0 Å². The summed E-state index contributed by atoms with van der Waals surface area (Å²) < 4.78 is 0. The van der Waals surface area contributed by atoms with Gasteiger partial charge in [-0.3, -0.25) is 5.01 Å². The van der Waals surface area contributed by atoms with E-state index in [1.165, 1.54) is 0 Å². The molecular weight excluding hydrogens is 164 g/mol. The molecule has 1 saturated heterocycles. The SMILES string of the molecule is NN1CCNC1=Nc1ccccc1. The minimum atomic E-state index is 0.742. The molecule has 1 aliphatic rings. The minimum Gasteiger partial charge on any atom is -0.353 e. The summed E-state index contributed by atoms with van der Waals surface area (Å²) in [6.45, 7) is 1.67. The predicted octanol–water partition coefficient (Wildman–Crippen LogP) is 0.453. The average molecular weight is 176 g/mol. The van der Waals surface area contributed by atoms with Gasteiger partial charge in [0.25, 0.3) is 0 Å². The van der Waals surface area contributed by atoms with Crippen molar-refractivity contribution in [2.24, 2.45) is 10.8 Å². The van der Waals surface area contributed by atoms with Crippen LogP contribution in [-0.2, 0) is 0 Å². The van der Waals surface area contributed by atoms with E-state index >= 15 is 0 Å². The molecule has 0 spiro atoms. The third kappa shape index (κ3) is 1.78. The molecule has 4 nitrogen and oxygen atoms in total. The monoisotopic (exact) mass is 176 g/mol. The maximum absolute atomic E-state index is 5.67. The fraction of sp³-hybridized carbons (Fsp3) is 0.222. The largest absolute Gasteiger partial charge is 0.353 e. The number of hydrogen-bond acceptors (Lipinski definition) is 2. The lowest BCUT2D eigenvalue weighted by Gasteiger charge is -2.08. The molecule has 0 saturated carbocycles. The Labute approximate surface area is 77.0 Å². The van der Waals surface area contributed by atoms with Crippen LogP contribution in [0.5, 0.6) is 0 Å². The van der Waals surface area contributed by atoms with Gasteiger partial charge in [-0.25, -0.2) is 10.8 Å². The van der Waals surface area contributed by atoms with E-state index < -0.39 is 0 Å². The summed E-state index contributed by atoms with van der Waals surface area (Å²) in [6.07, 6.45) is 0. The lowest BCUT2D eigenvalue weighted by atomic mass is 10.3. The van der Waals surface area contributed by atoms with Crippen molar-refractivity contribution in [1.29, 1.82) is 0 Å². The van der Waals surface area contributed by atoms with Crippen LogP contribution in [-0.4, -0.2) is 24.1 Å². The van der Waals surface area contributed by atoms with Crippen molar-refractivity contribution in [2.75, 3.05) is 13.1 Å². The van der Waals surface area contributed by atoms with Gasteiger partial charge in [0, 0.05) is 6.54 Å². The van der Waals surface area contributed by atoms with Crippen molar-refractivity contribution < 1.29 is 0 Å². The number of guanidine groups is 1. The van der Waals surface area contributed by atoms with Crippen LogP contribution in [0.15, 0.2) is 35.3 Å². The highest BCUT2D eigenvalue weighted by Crippen LogP contribution is 2.10. The molecule has 0 atom stereocenters. The highest BCUT2D eigenvalue weighted by Gasteiger charge is 2.13. The molecule has 1 heterocycles. The number of para-hydroxylation sites is 1. The highest BCUT2D eigenvalue weighted by molar-refractivity contribution is 5.83. The van der Waals surface area contributed by atoms with E-state index in [-0.39, 0.29) is 0 Å². The first-order valence-electron chi connectivity index (χ1n) is 4.26. The molecule has 4 heteroatoms. The second-order valence-corrected chi connectivity index (χ2v) is 2.89. The molecule has 1 aromatic rings. The normalized spacial score (nSPS) is 19.2. The molecule has 2 rings (SSSR count). The molecular formula is C9H12N4. The smallest absolute Gasteiger partial charge is 0.213 e. The molecule has 0 aliphatic carbocycles. The Morgan fingerprint density at radius 3 is 2.69 bits per heavy atom. The third-order valence-electron chi connectivity index (χ3n) is 1.90. The van der Waals surface area contributed by atoms with Crippen molar-refractivity contribution in [3.05, 3.63) is 30.3 Å². The molecule has 13 heavy (non-hydrogen) atoms. The van der Waals surface area contributed by atoms with Crippen LogP contribution in [0.1, 0.15) is 0 Å². The predicted molar refractivity (Wildman–Crippen MR) is 52.4 cm³/mol. The fourth-order valence-corrected chi connectivity index (χ4v) is 1.22. The topological polar surface area (TPSA) is 53.6 Å². The molecule has 1 aromatic carbocycles. The number of aliphatic imine (C=N–C) groups is 1. The number of hydrazine groups is 1. The Kier molecular flexibility index (Phi) is 2.14. The maximum atomic E-state index is 5.67. The molecule has 1 fully saturated rings. The van der Waals surface area contributed by atoms with Gasteiger partial charge >= 0.3 is 0 Å². The summed E-state index contributed by atoms with van der Waals surface area (Å²) in [6, 6.07) is 9.76. The first kappa shape index (κ1) is 8.07. The third-order valence-corrected chi connectivity index (χ3v) is 1.90. The van der Waals surface area contributed by atoms with Crippen LogP contribution in [0.3, 0.4) is 0 Å². The van der Waals surface area contributed by atoms with E-state index in [2.05, 4.69) is 10.3 Å². The zero-order valence-electron chi connectivity index (χ0n) is 7.27. The zero-order valence-corrected chi connectivity index (χ0v) is 7.27. The van der Waals surface area contributed by atoms with Crippen molar-refractivity contribution in [3.63, 3.8) is 0 Å². The second kappa shape index (κ2) is 3.45. The molecule has 0 unspecified atom stereocenters. The van der Waals surface area contributed by atoms with Crippen LogP contribution in [0, 0.1) is 0 Å². The van der Waals surface area contributed by atoms with Gasteiger partial charge < -0.3 is 5.32 Å². The van der Waals surface area contributed by atoms with E-state index in [9.17, 15) is 0 Å². The van der Waals surface area contributed by atoms with Crippen LogP contribution >= 0.6 is 0 Å². The van der Waals surface area contributed by atoms with E-state index in [0.717, 1.165) is 24.7 Å². The van der Waals surface area contributed by atoms with Gasteiger partial charge in [-0.15, -0.1) is 0 Å². The lowest BCUT2D eigenvalue weighted by Crippen LogP contribution is -2.35. The summed E-state index contributed by atoms with van der Waals surface area (Å²) in [5.74, 6) is 6.41. The van der Waals surface area contributed by atoms with Crippen molar-refractivity contribution in [1.82, 2.24) is 10.3 Å². The Hall–Kier alpha value is -1.55. The first-order chi connectivity index (χ1) is 6.36. The van der Waals surface area contributed by atoms with Crippen LogP contribution < -0.4 is 11.2 Å². The standard InChI is InChI=1S/C9H12N4/c10-13-7-6-11-9(13)12-8-4-2-1-3-5-8/h1-5H,6-7,10H2,(H,11,12). The van der Waals surface area contributed by atoms with Gasteiger partial charge in [-0.05, 0) is 12.1 Å². The molecule has 0 amide bonds. The van der Waals surface area contributed by atoms with Crippen LogP contribution in [0.4, 0.5) is 5.69 Å². The van der Waals surface area contributed by atoms with Crippen LogP contribution in [0.25, 0.3) is 0 Å². The number of benzene rings is 1.